The van der Waals surface area contributed by atoms with Gasteiger partial charge >= 0.3 is 0 Å². The Morgan fingerprint density at radius 3 is 2.84 bits per heavy atom. The summed E-state index contributed by atoms with van der Waals surface area (Å²) in [5, 5.41) is 4.01. The molecule has 4 rings (SSSR count). The number of hydrogen-bond donors (Lipinski definition) is 0. The van der Waals surface area contributed by atoms with Crippen molar-refractivity contribution >= 4 is 11.6 Å². The van der Waals surface area contributed by atoms with Crippen LogP contribution in [0.2, 0.25) is 0 Å². The van der Waals surface area contributed by atoms with Gasteiger partial charge in [0.1, 0.15) is 5.69 Å². The van der Waals surface area contributed by atoms with E-state index in [9.17, 15) is 4.79 Å². The van der Waals surface area contributed by atoms with Crippen molar-refractivity contribution in [1.29, 1.82) is 0 Å². The van der Waals surface area contributed by atoms with Gasteiger partial charge in [-0.15, -0.1) is 0 Å². The van der Waals surface area contributed by atoms with Crippen molar-refractivity contribution in [2.24, 2.45) is 0 Å². The third-order valence-corrected chi connectivity index (χ3v) is 4.47. The van der Waals surface area contributed by atoms with Crippen LogP contribution in [-0.2, 0) is 11.2 Å². The first-order chi connectivity index (χ1) is 12.3. The lowest BCUT2D eigenvalue weighted by Crippen LogP contribution is -2.25. The fraction of sp³-hybridized carbons (Fsp3) is 0.263. The second-order valence-corrected chi connectivity index (χ2v) is 6.06. The predicted octanol–water partition coefficient (Wildman–Crippen LogP) is 3.21. The van der Waals surface area contributed by atoms with Crippen molar-refractivity contribution in [3.8, 4) is 11.5 Å². The summed E-state index contributed by atoms with van der Waals surface area (Å²) in [5.41, 5.74) is 2.80. The van der Waals surface area contributed by atoms with E-state index in [4.69, 9.17) is 4.52 Å². The summed E-state index contributed by atoms with van der Waals surface area (Å²) in [6.45, 7) is 2.65. The maximum atomic E-state index is 12.5. The summed E-state index contributed by atoms with van der Waals surface area (Å²) >= 11 is 0. The first-order valence-corrected chi connectivity index (χ1v) is 8.39. The Hall–Kier alpha value is -3.02. The van der Waals surface area contributed by atoms with Crippen LogP contribution in [0.4, 0.5) is 5.69 Å². The maximum absolute atomic E-state index is 12.5. The van der Waals surface area contributed by atoms with E-state index in [1.807, 2.05) is 41.3 Å². The van der Waals surface area contributed by atoms with Crippen molar-refractivity contribution in [1.82, 2.24) is 15.1 Å². The van der Waals surface area contributed by atoms with Gasteiger partial charge in [0.25, 0.3) is 0 Å². The molecule has 1 amide bonds. The number of nitrogens with zero attached hydrogens (tertiary/aromatic N) is 4. The Kier molecular flexibility index (Phi) is 4.01. The van der Waals surface area contributed by atoms with Gasteiger partial charge in [0.2, 0.25) is 17.6 Å². The van der Waals surface area contributed by atoms with Crippen LogP contribution in [-0.4, -0.2) is 27.6 Å². The van der Waals surface area contributed by atoms with Crippen LogP contribution in [0, 0.1) is 0 Å². The van der Waals surface area contributed by atoms with Crippen molar-refractivity contribution in [3.63, 3.8) is 0 Å². The average Bonchev–Trinajstić information content (AvgIpc) is 3.29. The van der Waals surface area contributed by atoms with Gasteiger partial charge in [0.05, 0.1) is 5.92 Å². The molecule has 1 saturated heterocycles. The molecule has 1 fully saturated rings. The van der Waals surface area contributed by atoms with E-state index in [-0.39, 0.29) is 11.8 Å². The molecule has 6 nitrogen and oxygen atoms in total. The molecule has 1 aromatic carbocycles. The molecular formula is C19H18N4O2. The van der Waals surface area contributed by atoms with E-state index in [0.717, 1.165) is 17.7 Å². The summed E-state index contributed by atoms with van der Waals surface area (Å²) in [6.07, 6.45) is 2.95. The first kappa shape index (κ1) is 15.5. The summed E-state index contributed by atoms with van der Waals surface area (Å²) < 4.78 is 5.41. The zero-order valence-corrected chi connectivity index (χ0v) is 13.9. The smallest absolute Gasteiger partial charge is 0.232 e. The highest BCUT2D eigenvalue weighted by Gasteiger charge is 2.35. The molecule has 126 valence electrons. The molecule has 0 bridgehead atoms. The number of anilines is 1. The number of pyridine rings is 1. The number of carbonyl (C=O) groups is 1. The fourth-order valence-electron chi connectivity index (χ4n) is 3.18. The molecular weight excluding hydrogens is 316 g/mol. The number of aromatic nitrogens is 3. The maximum Gasteiger partial charge on any atom is 0.232 e. The molecule has 3 heterocycles. The van der Waals surface area contributed by atoms with E-state index >= 15 is 0 Å². The van der Waals surface area contributed by atoms with Gasteiger partial charge in [-0.1, -0.05) is 36.3 Å². The zero-order valence-electron chi connectivity index (χ0n) is 13.9. The van der Waals surface area contributed by atoms with Gasteiger partial charge in [0.15, 0.2) is 0 Å². The average molecular weight is 334 g/mol. The molecule has 2 aromatic heterocycles. The minimum atomic E-state index is -0.0950. The van der Waals surface area contributed by atoms with Crippen molar-refractivity contribution in [2.45, 2.75) is 25.7 Å². The molecule has 1 aliphatic rings. The van der Waals surface area contributed by atoms with E-state index in [1.165, 1.54) is 0 Å². The molecule has 0 N–H and O–H groups in total. The van der Waals surface area contributed by atoms with Gasteiger partial charge in [-0.2, -0.15) is 4.98 Å². The summed E-state index contributed by atoms with van der Waals surface area (Å²) in [7, 11) is 0. The second kappa shape index (κ2) is 6.47. The first-order valence-electron chi connectivity index (χ1n) is 8.39. The zero-order chi connectivity index (χ0) is 17.2. The second-order valence-electron chi connectivity index (χ2n) is 6.06. The minimum Gasteiger partial charge on any atom is -0.339 e. The van der Waals surface area contributed by atoms with Gasteiger partial charge in [-0.25, -0.2) is 0 Å². The van der Waals surface area contributed by atoms with Crippen LogP contribution in [0.1, 0.15) is 30.7 Å². The molecule has 6 heteroatoms. The molecule has 0 saturated carbocycles. The van der Waals surface area contributed by atoms with Crippen LogP contribution in [0.25, 0.3) is 11.5 Å². The van der Waals surface area contributed by atoms with Crippen LogP contribution < -0.4 is 4.90 Å². The van der Waals surface area contributed by atoms with Crippen molar-refractivity contribution in [3.05, 3.63) is 60.1 Å². The molecule has 1 aliphatic heterocycles. The topological polar surface area (TPSA) is 72.1 Å². The van der Waals surface area contributed by atoms with Crippen molar-refractivity contribution < 1.29 is 9.32 Å². The van der Waals surface area contributed by atoms with Gasteiger partial charge in [0, 0.05) is 24.8 Å². The highest BCUT2D eigenvalue weighted by molar-refractivity contribution is 5.97. The Labute approximate surface area is 145 Å². The minimum absolute atomic E-state index is 0.0866. The van der Waals surface area contributed by atoms with E-state index < -0.39 is 0 Å². The van der Waals surface area contributed by atoms with E-state index in [2.05, 4.69) is 28.1 Å². The lowest BCUT2D eigenvalue weighted by Gasteiger charge is -2.19. The summed E-state index contributed by atoms with van der Waals surface area (Å²) in [4.78, 5) is 23.0. The SMILES string of the molecule is CCc1ccccc1N1CC(c2nc(-c3ccccn3)no2)CC1=O. The summed E-state index contributed by atoms with van der Waals surface area (Å²) in [5.74, 6) is 0.937. The Morgan fingerprint density at radius 2 is 2.04 bits per heavy atom. The number of rotatable bonds is 4. The molecule has 1 unspecified atom stereocenters. The van der Waals surface area contributed by atoms with Crippen LogP contribution in [0.5, 0.6) is 0 Å². The molecule has 3 aromatic rings. The Balaban J connectivity index is 1.58. The predicted molar refractivity (Wildman–Crippen MR) is 93.1 cm³/mol. The number of hydrogen-bond acceptors (Lipinski definition) is 5. The van der Waals surface area contributed by atoms with Crippen molar-refractivity contribution in [2.75, 3.05) is 11.4 Å². The number of amides is 1. The lowest BCUT2D eigenvalue weighted by molar-refractivity contribution is -0.117. The number of carbonyl (C=O) groups excluding carboxylic acids is 1. The Morgan fingerprint density at radius 1 is 1.20 bits per heavy atom. The molecule has 0 radical (unpaired) electrons. The third-order valence-electron chi connectivity index (χ3n) is 4.47. The molecule has 0 aliphatic carbocycles. The number of aryl methyl sites for hydroxylation is 1. The number of benzene rings is 1. The van der Waals surface area contributed by atoms with Gasteiger partial charge in [-0.3, -0.25) is 9.78 Å². The van der Waals surface area contributed by atoms with Crippen LogP contribution in [0.3, 0.4) is 0 Å². The summed E-state index contributed by atoms with van der Waals surface area (Å²) in [6, 6.07) is 13.6. The standard InChI is InChI=1S/C19H18N4O2/c1-2-13-7-3-4-9-16(13)23-12-14(11-17(23)24)19-21-18(22-25-19)15-8-5-6-10-20-15/h3-10,14H,2,11-12H2,1H3. The molecule has 0 spiro atoms. The lowest BCUT2D eigenvalue weighted by atomic mass is 10.1. The third kappa shape index (κ3) is 2.91. The van der Waals surface area contributed by atoms with Gasteiger partial charge in [-0.05, 0) is 30.2 Å². The molecule has 1 atom stereocenters. The van der Waals surface area contributed by atoms with Gasteiger partial charge < -0.3 is 9.42 Å². The highest BCUT2D eigenvalue weighted by atomic mass is 16.5. The highest BCUT2D eigenvalue weighted by Crippen LogP contribution is 2.33. The Bertz CT molecular complexity index is 891. The van der Waals surface area contributed by atoms with Crippen LogP contribution in [0.15, 0.2) is 53.2 Å². The quantitative estimate of drug-likeness (QED) is 0.732. The normalized spacial score (nSPS) is 17.2. The van der Waals surface area contributed by atoms with E-state index in [0.29, 0.717) is 30.4 Å². The fourth-order valence-corrected chi connectivity index (χ4v) is 3.18. The number of para-hydroxylation sites is 1. The van der Waals surface area contributed by atoms with Crippen LogP contribution >= 0.6 is 0 Å². The largest absolute Gasteiger partial charge is 0.339 e. The monoisotopic (exact) mass is 334 g/mol. The van der Waals surface area contributed by atoms with E-state index in [1.54, 1.807) is 6.20 Å². The molecule has 25 heavy (non-hydrogen) atoms.